The predicted molar refractivity (Wildman–Crippen MR) is 99.6 cm³/mol. The molecule has 2 aromatic carbocycles. The van der Waals surface area contributed by atoms with E-state index in [0.29, 0.717) is 0 Å². The molecule has 4 aromatic rings. The summed E-state index contributed by atoms with van der Waals surface area (Å²) in [5, 5.41) is 7.58. The molecule has 122 valence electrons. The van der Waals surface area contributed by atoms with E-state index in [1.807, 2.05) is 79.7 Å². The molecule has 25 heavy (non-hydrogen) atoms. The zero-order valence-electron chi connectivity index (χ0n) is 13.8. The van der Waals surface area contributed by atoms with Crippen LogP contribution in [0.3, 0.4) is 0 Å². The van der Waals surface area contributed by atoms with Gasteiger partial charge in [-0.15, -0.1) is 0 Å². The summed E-state index contributed by atoms with van der Waals surface area (Å²) < 4.78 is 5.47. The van der Waals surface area contributed by atoms with Crippen LogP contribution in [0.4, 0.5) is 11.5 Å². The Labute approximate surface area is 146 Å². The molecule has 4 nitrogen and oxygen atoms in total. The molecule has 4 heteroatoms. The van der Waals surface area contributed by atoms with Crippen LogP contribution in [0.15, 0.2) is 83.5 Å². The maximum atomic E-state index is 5.47. The summed E-state index contributed by atoms with van der Waals surface area (Å²) >= 11 is 0. The Morgan fingerprint density at radius 3 is 2.32 bits per heavy atom. The number of para-hydroxylation sites is 1. The van der Waals surface area contributed by atoms with E-state index in [1.54, 1.807) is 6.20 Å². The lowest BCUT2D eigenvalue weighted by Gasteiger charge is -2.08. The van der Waals surface area contributed by atoms with Crippen LogP contribution < -0.4 is 5.32 Å². The maximum Gasteiger partial charge on any atom is 0.142 e. The van der Waals surface area contributed by atoms with Crippen molar-refractivity contribution in [1.29, 1.82) is 0 Å². The molecule has 0 saturated heterocycles. The van der Waals surface area contributed by atoms with Crippen LogP contribution in [0.2, 0.25) is 0 Å². The SMILES string of the molecule is Cc1onc(-c2ccccc2)c1-c1ccnc(Nc2ccccc2)c1. The van der Waals surface area contributed by atoms with E-state index in [1.165, 1.54) is 0 Å². The smallest absolute Gasteiger partial charge is 0.142 e. The average Bonchev–Trinajstić information content (AvgIpc) is 3.05. The van der Waals surface area contributed by atoms with Gasteiger partial charge in [0.1, 0.15) is 17.3 Å². The van der Waals surface area contributed by atoms with Gasteiger partial charge >= 0.3 is 0 Å². The van der Waals surface area contributed by atoms with Crippen LogP contribution in [0.1, 0.15) is 5.76 Å². The number of nitrogens with one attached hydrogen (secondary N) is 1. The van der Waals surface area contributed by atoms with E-state index in [0.717, 1.165) is 39.6 Å². The van der Waals surface area contributed by atoms with E-state index >= 15 is 0 Å². The third-order valence-corrected chi connectivity index (χ3v) is 4.00. The van der Waals surface area contributed by atoms with Gasteiger partial charge in [-0.25, -0.2) is 4.98 Å². The Hall–Kier alpha value is -3.40. The van der Waals surface area contributed by atoms with Crippen molar-refractivity contribution in [2.75, 3.05) is 5.32 Å². The molecule has 0 aliphatic carbocycles. The summed E-state index contributed by atoms with van der Waals surface area (Å²) in [4.78, 5) is 4.41. The van der Waals surface area contributed by atoms with Crippen LogP contribution >= 0.6 is 0 Å². The lowest BCUT2D eigenvalue weighted by molar-refractivity contribution is 0.400. The van der Waals surface area contributed by atoms with E-state index in [-0.39, 0.29) is 0 Å². The van der Waals surface area contributed by atoms with Gasteiger partial charge in [-0.2, -0.15) is 0 Å². The number of anilines is 2. The fourth-order valence-corrected chi connectivity index (χ4v) is 2.83. The standard InChI is InChI=1S/C21H17N3O/c1-15-20(21(24-25-15)16-8-4-2-5-9-16)17-12-13-22-19(14-17)23-18-10-6-3-7-11-18/h2-14H,1H3,(H,22,23). The van der Waals surface area contributed by atoms with Gasteiger partial charge < -0.3 is 9.84 Å². The highest BCUT2D eigenvalue weighted by atomic mass is 16.5. The number of aryl methyl sites for hydroxylation is 1. The molecule has 1 N–H and O–H groups in total. The summed E-state index contributed by atoms with van der Waals surface area (Å²) in [6.07, 6.45) is 1.79. The number of hydrogen-bond donors (Lipinski definition) is 1. The second kappa shape index (κ2) is 6.61. The summed E-state index contributed by atoms with van der Waals surface area (Å²) in [5.74, 6) is 1.57. The van der Waals surface area contributed by atoms with Crippen molar-refractivity contribution < 1.29 is 4.52 Å². The number of nitrogens with zero attached hydrogens (tertiary/aromatic N) is 2. The van der Waals surface area contributed by atoms with Gasteiger partial charge in [0, 0.05) is 17.4 Å². The zero-order chi connectivity index (χ0) is 17.1. The first-order valence-electron chi connectivity index (χ1n) is 8.11. The minimum Gasteiger partial charge on any atom is -0.360 e. The summed E-state index contributed by atoms with van der Waals surface area (Å²) in [5.41, 5.74) is 4.88. The van der Waals surface area contributed by atoms with Crippen molar-refractivity contribution >= 4 is 11.5 Å². The highest BCUT2D eigenvalue weighted by Crippen LogP contribution is 2.35. The molecule has 0 atom stereocenters. The van der Waals surface area contributed by atoms with Crippen LogP contribution in [0.5, 0.6) is 0 Å². The Kier molecular flexibility index (Phi) is 4.01. The van der Waals surface area contributed by atoms with E-state index in [2.05, 4.69) is 15.5 Å². The van der Waals surface area contributed by atoms with Gasteiger partial charge in [-0.1, -0.05) is 53.7 Å². The molecule has 2 aromatic heterocycles. The second-order valence-electron chi connectivity index (χ2n) is 5.75. The van der Waals surface area contributed by atoms with Gasteiger partial charge in [0.2, 0.25) is 0 Å². The van der Waals surface area contributed by atoms with Crippen LogP contribution in [-0.2, 0) is 0 Å². The van der Waals surface area contributed by atoms with Crippen LogP contribution in [0, 0.1) is 6.92 Å². The van der Waals surface area contributed by atoms with E-state index in [4.69, 9.17) is 4.52 Å². The third-order valence-electron chi connectivity index (χ3n) is 4.00. The molecule has 4 rings (SSSR count). The molecule has 0 unspecified atom stereocenters. The number of benzene rings is 2. The van der Waals surface area contributed by atoms with Crippen molar-refractivity contribution in [3.63, 3.8) is 0 Å². The zero-order valence-corrected chi connectivity index (χ0v) is 13.8. The molecule has 0 bridgehead atoms. The van der Waals surface area contributed by atoms with Crippen molar-refractivity contribution in [1.82, 2.24) is 10.1 Å². The first-order valence-corrected chi connectivity index (χ1v) is 8.11. The van der Waals surface area contributed by atoms with E-state index < -0.39 is 0 Å². The van der Waals surface area contributed by atoms with Gasteiger partial charge in [-0.3, -0.25) is 0 Å². The first-order chi connectivity index (χ1) is 12.3. The number of hydrogen-bond acceptors (Lipinski definition) is 4. The Morgan fingerprint density at radius 2 is 1.56 bits per heavy atom. The Morgan fingerprint density at radius 1 is 0.840 bits per heavy atom. The van der Waals surface area contributed by atoms with Crippen LogP contribution in [0.25, 0.3) is 22.4 Å². The molecule has 2 heterocycles. The van der Waals surface area contributed by atoms with Gasteiger partial charge in [0.15, 0.2) is 0 Å². The second-order valence-corrected chi connectivity index (χ2v) is 5.75. The third kappa shape index (κ3) is 3.15. The number of rotatable bonds is 4. The fourth-order valence-electron chi connectivity index (χ4n) is 2.83. The quantitative estimate of drug-likeness (QED) is 0.541. The first kappa shape index (κ1) is 15.1. The molecule has 0 amide bonds. The maximum absolute atomic E-state index is 5.47. The largest absolute Gasteiger partial charge is 0.360 e. The fraction of sp³-hybridized carbons (Fsp3) is 0.0476. The summed E-state index contributed by atoms with van der Waals surface area (Å²) in [6, 6.07) is 24.0. The number of pyridine rings is 1. The van der Waals surface area contributed by atoms with Gasteiger partial charge in [-0.05, 0) is 36.8 Å². The van der Waals surface area contributed by atoms with Crippen molar-refractivity contribution in [3.05, 3.63) is 84.8 Å². The molecule has 0 fully saturated rings. The highest BCUT2D eigenvalue weighted by Gasteiger charge is 2.17. The average molecular weight is 327 g/mol. The van der Waals surface area contributed by atoms with Crippen molar-refractivity contribution in [2.45, 2.75) is 6.92 Å². The van der Waals surface area contributed by atoms with Crippen LogP contribution in [-0.4, -0.2) is 10.1 Å². The van der Waals surface area contributed by atoms with Gasteiger partial charge in [0.05, 0.1) is 5.56 Å². The monoisotopic (exact) mass is 327 g/mol. The highest BCUT2D eigenvalue weighted by molar-refractivity contribution is 5.83. The molecular weight excluding hydrogens is 310 g/mol. The molecule has 0 aliphatic rings. The summed E-state index contributed by atoms with van der Waals surface area (Å²) in [6.45, 7) is 1.93. The van der Waals surface area contributed by atoms with Crippen molar-refractivity contribution in [3.8, 4) is 22.4 Å². The Bertz CT molecular complexity index is 978. The predicted octanol–water partition coefficient (Wildman–Crippen LogP) is 5.46. The molecule has 0 spiro atoms. The minimum absolute atomic E-state index is 0.781. The molecule has 0 saturated carbocycles. The molecule has 0 aliphatic heterocycles. The Balaban J connectivity index is 1.74. The summed E-state index contributed by atoms with van der Waals surface area (Å²) in [7, 11) is 0. The lowest BCUT2D eigenvalue weighted by Crippen LogP contribution is -1.94. The topological polar surface area (TPSA) is 51.0 Å². The van der Waals surface area contributed by atoms with Gasteiger partial charge in [0.25, 0.3) is 0 Å². The molecule has 0 radical (unpaired) electrons. The van der Waals surface area contributed by atoms with E-state index in [9.17, 15) is 0 Å². The number of aromatic nitrogens is 2. The lowest BCUT2D eigenvalue weighted by atomic mass is 10.0. The minimum atomic E-state index is 0.781. The molecular formula is C21H17N3O. The normalized spacial score (nSPS) is 10.6. The van der Waals surface area contributed by atoms with Crippen molar-refractivity contribution in [2.24, 2.45) is 0 Å².